The summed E-state index contributed by atoms with van der Waals surface area (Å²) < 4.78 is 0.734. The van der Waals surface area contributed by atoms with Gasteiger partial charge in [0.05, 0.1) is 4.58 Å². The molecule has 0 N–H and O–H groups in total. The lowest BCUT2D eigenvalue weighted by molar-refractivity contribution is 1.06. The van der Waals surface area contributed by atoms with E-state index in [-0.39, 0.29) is 0 Å². The van der Waals surface area contributed by atoms with Gasteiger partial charge in [0.25, 0.3) is 0 Å². The van der Waals surface area contributed by atoms with Crippen LogP contribution < -0.4 is 0 Å². The zero-order chi connectivity index (χ0) is 9.23. The molecule has 72 valence electrons. The minimum atomic E-state index is 0.734. The maximum Gasteiger partial charge on any atom is 0.0644 e. The van der Waals surface area contributed by atoms with Gasteiger partial charge in [-0.15, -0.1) is 11.8 Å². The van der Waals surface area contributed by atoms with E-state index in [4.69, 9.17) is 0 Å². The van der Waals surface area contributed by atoms with Crippen LogP contribution >= 0.6 is 33.3 Å². The number of hydrogen-bond donors (Lipinski definition) is 0. The molecule has 0 aliphatic carbocycles. The van der Waals surface area contributed by atoms with Crippen LogP contribution in [0.2, 0.25) is 0 Å². The Morgan fingerprint density at radius 2 is 2.08 bits per heavy atom. The van der Waals surface area contributed by atoms with Crippen LogP contribution in [0.3, 0.4) is 0 Å². The first kappa shape index (κ1) is 12.8. The van der Waals surface area contributed by atoms with Gasteiger partial charge in [0.2, 0.25) is 0 Å². The van der Waals surface area contributed by atoms with Crippen molar-refractivity contribution in [1.29, 1.82) is 0 Å². The summed E-state index contributed by atoms with van der Waals surface area (Å²) in [6.45, 7) is 6.55. The van der Waals surface area contributed by atoms with Gasteiger partial charge in [-0.2, -0.15) is 0 Å². The molecular formula is C9H18S3. The molecule has 1 atom stereocenters. The standard InChI is InChI=1S/C9H18S3/c1-4-7-10-9(6-3)12-11-8-5-2/h4,7,9H,5-6,8H2,1-3H3. The Balaban J connectivity index is 3.39. The van der Waals surface area contributed by atoms with Gasteiger partial charge in [-0.1, -0.05) is 41.5 Å². The molecule has 0 bridgehead atoms. The van der Waals surface area contributed by atoms with Gasteiger partial charge in [-0.05, 0) is 25.2 Å². The van der Waals surface area contributed by atoms with Crippen molar-refractivity contribution < 1.29 is 0 Å². The maximum absolute atomic E-state index is 2.25. The lowest BCUT2D eigenvalue weighted by Crippen LogP contribution is -1.89. The van der Waals surface area contributed by atoms with Crippen molar-refractivity contribution in [3.05, 3.63) is 11.5 Å². The second-order valence-corrected chi connectivity index (χ2v) is 6.46. The molecule has 0 rings (SSSR count). The topological polar surface area (TPSA) is 0 Å². The van der Waals surface area contributed by atoms with Crippen LogP contribution in [0.5, 0.6) is 0 Å². The molecule has 0 nitrogen and oxygen atoms in total. The maximum atomic E-state index is 2.25. The number of thioether (sulfide) groups is 1. The highest BCUT2D eigenvalue weighted by Crippen LogP contribution is 2.36. The van der Waals surface area contributed by atoms with Crippen LogP contribution in [0, 0.1) is 0 Å². The minimum absolute atomic E-state index is 0.734. The molecule has 0 aromatic heterocycles. The van der Waals surface area contributed by atoms with Crippen LogP contribution in [0.15, 0.2) is 11.5 Å². The first-order valence-electron chi connectivity index (χ1n) is 4.40. The van der Waals surface area contributed by atoms with Crippen LogP contribution in [-0.4, -0.2) is 10.3 Å². The smallest absolute Gasteiger partial charge is 0.0644 e. The quantitative estimate of drug-likeness (QED) is 0.346. The van der Waals surface area contributed by atoms with E-state index in [0.717, 1.165) is 4.58 Å². The molecule has 0 radical (unpaired) electrons. The van der Waals surface area contributed by atoms with E-state index >= 15 is 0 Å². The van der Waals surface area contributed by atoms with Crippen molar-refractivity contribution in [2.75, 3.05) is 5.75 Å². The Kier molecular flexibility index (Phi) is 10.5. The molecule has 0 aromatic carbocycles. The summed E-state index contributed by atoms with van der Waals surface area (Å²) >= 11 is 1.93. The molecule has 0 fully saturated rings. The van der Waals surface area contributed by atoms with E-state index in [2.05, 4.69) is 32.3 Å². The largest absolute Gasteiger partial charge is 0.119 e. The molecule has 0 heterocycles. The van der Waals surface area contributed by atoms with Gasteiger partial charge < -0.3 is 0 Å². The Morgan fingerprint density at radius 1 is 1.33 bits per heavy atom. The van der Waals surface area contributed by atoms with Gasteiger partial charge in [0.15, 0.2) is 0 Å². The fourth-order valence-corrected chi connectivity index (χ4v) is 4.57. The predicted octanol–water partition coefficient (Wildman–Crippen LogP) is 4.78. The summed E-state index contributed by atoms with van der Waals surface area (Å²) in [4.78, 5) is 0. The molecule has 0 spiro atoms. The number of rotatable bonds is 7. The molecule has 0 saturated heterocycles. The summed E-state index contributed by atoms with van der Waals surface area (Å²) in [6.07, 6.45) is 4.64. The van der Waals surface area contributed by atoms with Gasteiger partial charge >= 0.3 is 0 Å². The number of allylic oxidation sites excluding steroid dienone is 1. The zero-order valence-electron chi connectivity index (χ0n) is 8.08. The van der Waals surface area contributed by atoms with E-state index in [9.17, 15) is 0 Å². The van der Waals surface area contributed by atoms with E-state index in [1.165, 1.54) is 18.6 Å². The lowest BCUT2D eigenvalue weighted by Gasteiger charge is -2.09. The summed E-state index contributed by atoms with van der Waals surface area (Å²) in [5, 5.41) is 2.19. The van der Waals surface area contributed by atoms with Crippen molar-refractivity contribution in [3.8, 4) is 0 Å². The third-order valence-electron chi connectivity index (χ3n) is 1.16. The highest BCUT2D eigenvalue weighted by molar-refractivity contribution is 8.78. The Labute approximate surface area is 88.7 Å². The minimum Gasteiger partial charge on any atom is -0.119 e. The molecule has 3 heteroatoms. The summed E-state index contributed by atoms with van der Waals surface area (Å²) in [5.41, 5.74) is 0. The van der Waals surface area contributed by atoms with Crippen molar-refractivity contribution in [1.82, 2.24) is 0 Å². The molecule has 0 aromatic rings. The monoisotopic (exact) mass is 222 g/mol. The Morgan fingerprint density at radius 3 is 2.58 bits per heavy atom. The average molecular weight is 222 g/mol. The second kappa shape index (κ2) is 9.87. The highest BCUT2D eigenvalue weighted by atomic mass is 33.1. The normalized spacial score (nSPS) is 13.9. The first-order chi connectivity index (χ1) is 5.85. The average Bonchev–Trinajstić information content (AvgIpc) is 2.11. The van der Waals surface area contributed by atoms with Crippen molar-refractivity contribution in [2.24, 2.45) is 0 Å². The fraction of sp³-hybridized carbons (Fsp3) is 0.778. The summed E-state index contributed by atoms with van der Waals surface area (Å²) in [7, 11) is 4.01. The van der Waals surface area contributed by atoms with Gasteiger partial charge in [-0.25, -0.2) is 0 Å². The fourth-order valence-electron chi connectivity index (χ4n) is 0.560. The lowest BCUT2D eigenvalue weighted by atomic mass is 10.6. The van der Waals surface area contributed by atoms with E-state index in [0.29, 0.717) is 0 Å². The van der Waals surface area contributed by atoms with Crippen molar-refractivity contribution in [2.45, 2.75) is 38.2 Å². The molecular weight excluding hydrogens is 204 g/mol. The predicted molar refractivity (Wildman–Crippen MR) is 66.8 cm³/mol. The van der Waals surface area contributed by atoms with Gasteiger partial charge in [-0.3, -0.25) is 0 Å². The van der Waals surface area contributed by atoms with Crippen LogP contribution in [-0.2, 0) is 0 Å². The van der Waals surface area contributed by atoms with E-state index in [1.54, 1.807) is 0 Å². The molecule has 0 aliphatic rings. The SMILES string of the molecule is CC=CSC(CC)SSCCC. The summed E-state index contributed by atoms with van der Waals surface area (Å²) in [5.74, 6) is 1.28. The molecule has 1 unspecified atom stereocenters. The third kappa shape index (κ3) is 7.44. The van der Waals surface area contributed by atoms with E-state index in [1.807, 2.05) is 33.3 Å². The van der Waals surface area contributed by atoms with Crippen LogP contribution in [0.1, 0.15) is 33.6 Å². The second-order valence-electron chi connectivity index (χ2n) is 2.36. The molecule has 12 heavy (non-hydrogen) atoms. The third-order valence-corrected chi connectivity index (χ3v) is 6.08. The van der Waals surface area contributed by atoms with Crippen molar-refractivity contribution >= 4 is 33.3 Å². The van der Waals surface area contributed by atoms with Gasteiger partial charge in [0.1, 0.15) is 0 Å². The number of hydrogen-bond acceptors (Lipinski definition) is 3. The van der Waals surface area contributed by atoms with Gasteiger partial charge in [0, 0.05) is 5.75 Å². The van der Waals surface area contributed by atoms with E-state index < -0.39 is 0 Å². The van der Waals surface area contributed by atoms with Crippen LogP contribution in [0.25, 0.3) is 0 Å². The zero-order valence-corrected chi connectivity index (χ0v) is 10.5. The first-order valence-corrected chi connectivity index (χ1v) is 7.72. The summed E-state index contributed by atoms with van der Waals surface area (Å²) in [6, 6.07) is 0. The molecule has 0 saturated carbocycles. The molecule has 0 aliphatic heterocycles. The Hall–Kier alpha value is 0.790. The van der Waals surface area contributed by atoms with Crippen LogP contribution in [0.4, 0.5) is 0 Å². The molecule has 0 amide bonds. The Bertz CT molecular complexity index is 112. The van der Waals surface area contributed by atoms with Crippen molar-refractivity contribution in [3.63, 3.8) is 0 Å². The highest BCUT2D eigenvalue weighted by Gasteiger charge is 2.04.